The smallest absolute Gasteiger partial charge is 0.224 e. The fourth-order valence-corrected chi connectivity index (χ4v) is 2.95. The van der Waals surface area contributed by atoms with Gasteiger partial charge in [-0.15, -0.1) is 0 Å². The molecule has 0 spiro atoms. The molecule has 0 fully saturated rings. The van der Waals surface area contributed by atoms with Crippen LogP contribution in [0.15, 0.2) is 42.5 Å². The van der Waals surface area contributed by atoms with E-state index in [9.17, 15) is 9.59 Å². The molecule has 0 aromatic heterocycles. The maximum atomic E-state index is 12.4. The van der Waals surface area contributed by atoms with Crippen molar-refractivity contribution in [1.82, 2.24) is 0 Å². The van der Waals surface area contributed by atoms with Gasteiger partial charge in [-0.2, -0.15) is 0 Å². The van der Waals surface area contributed by atoms with E-state index in [0.717, 1.165) is 24.9 Å². The number of rotatable bonds is 8. The van der Waals surface area contributed by atoms with Crippen LogP contribution in [0.25, 0.3) is 0 Å². The van der Waals surface area contributed by atoms with Crippen LogP contribution < -0.4 is 14.8 Å². The van der Waals surface area contributed by atoms with Gasteiger partial charge in [0.2, 0.25) is 5.91 Å². The molecule has 2 aromatic rings. The minimum absolute atomic E-state index is 0.0861. The van der Waals surface area contributed by atoms with Crippen LogP contribution in [0.4, 0.5) is 5.69 Å². The molecule has 0 atom stereocenters. The van der Waals surface area contributed by atoms with Crippen LogP contribution >= 0.6 is 0 Å². The lowest BCUT2D eigenvalue weighted by Gasteiger charge is -2.18. The standard InChI is InChI=1S/C22H25NO4/c1-2-3-4-16-5-8-18(9-6-16)23-22(25)12-10-19(24)17-7-11-20-21(15-17)27-14-13-26-20/h5-9,11,15H,2-4,10,12-14H2,1H3,(H,23,25). The Hall–Kier alpha value is -2.82. The average Bonchev–Trinajstić information content (AvgIpc) is 2.71. The van der Waals surface area contributed by atoms with Crippen LogP contribution in [-0.4, -0.2) is 24.9 Å². The van der Waals surface area contributed by atoms with Gasteiger partial charge in [-0.25, -0.2) is 0 Å². The normalized spacial score (nSPS) is 12.5. The number of fused-ring (bicyclic) bond motifs is 1. The number of hydrogen-bond acceptors (Lipinski definition) is 4. The van der Waals surface area contributed by atoms with Gasteiger partial charge < -0.3 is 14.8 Å². The van der Waals surface area contributed by atoms with Gasteiger partial charge in [-0.05, 0) is 48.7 Å². The van der Waals surface area contributed by atoms with Crippen LogP contribution in [0, 0.1) is 0 Å². The molecular formula is C22H25NO4. The first kappa shape index (κ1) is 19.0. The molecule has 0 saturated carbocycles. The summed E-state index contributed by atoms with van der Waals surface area (Å²) >= 11 is 0. The summed E-state index contributed by atoms with van der Waals surface area (Å²) in [5.41, 5.74) is 2.56. The number of hydrogen-bond donors (Lipinski definition) is 1. The summed E-state index contributed by atoms with van der Waals surface area (Å²) in [6.45, 7) is 3.16. The minimum Gasteiger partial charge on any atom is -0.486 e. The van der Waals surface area contributed by atoms with Gasteiger partial charge in [-0.1, -0.05) is 25.5 Å². The first-order valence-corrected chi connectivity index (χ1v) is 9.47. The molecular weight excluding hydrogens is 342 g/mol. The lowest BCUT2D eigenvalue weighted by molar-refractivity contribution is -0.116. The average molecular weight is 367 g/mol. The molecule has 27 heavy (non-hydrogen) atoms. The molecule has 0 unspecified atom stereocenters. The highest BCUT2D eigenvalue weighted by Crippen LogP contribution is 2.31. The van der Waals surface area contributed by atoms with E-state index in [4.69, 9.17) is 9.47 Å². The van der Waals surface area contributed by atoms with E-state index in [0.29, 0.717) is 30.3 Å². The number of nitrogens with one attached hydrogen (secondary N) is 1. The quantitative estimate of drug-likeness (QED) is 0.702. The topological polar surface area (TPSA) is 64.6 Å². The number of Topliss-reactive ketones (excluding diaryl/α,β-unsaturated/α-hetero) is 1. The maximum Gasteiger partial charge on any atom is 0.224 e. The lowest BCUT2D eigenvalue weighted by Crippen LogP contribution is -2.16. The molecule has 0 bridgehead atoms. The Morgan fingerprint density at radius 1 is 0.963 bits per heavy atom. The molecule has 0 aliphatic carbocycles. The monoisotopic (exact) mass is 367 g/mol. The van der Waals surface area contributed by atoms with Crippen molar-refractivity contribution in [3.8, 4) is 11.5 Å². The predicted molar refractivity (Wildman–Crippen MR) is 105 cm³/mol. The molecule has 1 amide bonds. The third-order valence-corrected chi connectivity index (χ3v) is 4.50. The first-order valence-electron chi connectivity index (χ1n) is 9.47. The molecule has 5 nitrogen and oxygen atoms in total. The summed E-state index contributed by atoms with van der Waals surface area (Å²) < 4.78 is 10.9. The zero-order valence-electron chi connectivity index (χ0n) is 15.6. The fraction of sp³-hybridized carbons (Fsp3) is 0.364. The summed E-state index contributed by atoms with van der Waals surface area (Å²) in [4.78, 5) is 24.5. The SMILES string of the molecule is CCCCc1ccc(NC(=O)CCC(=O)c2ccc3c(c2)OCCO3)cc1. The van der Waals surface area contributed by atoms with Gasteiger partial charge in [0, 0.05) is 24.1 Å². The van der Waals surface area contributed by atoms with E-state index in [1.807, 2.05) is 24.3 Å². The number of anilines is 1. The van der Waals surface area contributed by atoms with E-state index < -0.39 is 0 Å². The van der Waals surface area contributed by atoms with Crippen LogP contribution in [0.2, 0.25) is 0 Å². The van der Waals surface area contributed by atoms with Crippen molar-refractivity contribution in [1.29, 1.82) is 0 Å². The highest BCUT2D eigenvalue weighted by atomic mass is 16.6. The number of ketones is 1. The van der Waals surface area contributed by atoms with Crippen LogP contribution in [0.5, 0.6) is 11.5 Å². The number of amides is 1. The van der Waals surface area contributed by atoms with E-state index >= 15 is 0 Å². The molecule has 5 heteroatoms. The van der Waals surface area contributed by atoms with Crippen molar-refractivity contribution < 1.29 is 19.1 Å². The Labute approximate surface area is 159 Å². The number of unbranched alkanes of at least 4 members (excludes halogenated alkanes) is 1. The van der Waals surface area contributed by atoms with Crippen LogP contribution in [0.3, 0.4) is 0 Å². The molecule has 142 valence electrons. The Morgan fingerprint density at radius 2 is 1.70 bits per heavy atom. The summed E-state index contributed by atoms with van der Waals surface area (Å²) in [5, 5.41) is 2.85. The van der Waals surface area contributed by atoms with Gasteiger partial charge in [0.15, 0.2) is 17.3 Å². The number of ether oxygens (including phenoxy) is 2. The second kappa shape index (κ2) is 9.21. The summed E-state index contributed by atoms with van der Waals surface area (Å²) in [5.74, 6) is 0.983. The Morgan fingerprint density at radius 3 is 2.44 bits per heavy atom. The van der Waals surface area contributed by atoms with Gasteiger partial charge >= 0.3 is 0 Å². The fourth-order valence-electron chi connectivity index (χ4n) is 2.95. The number of carbonyl (C=O) groups is 2. The second-order valence-corrected chi connectivity index (χ2v) is 6.63. The highest BCUT2D eigenvalue weighted by Gasteiger charge is 2.15. The van der Waals surface area contributed by atoms with E-state index in [2.05, 4.69) is 12.2 Å². The van der Waals surface area contributed by atoms with Gasteiger partial charge in [0.25, 0.3) is 0 Å². The number of benzene rings is 2. The maximum absolute atomic E-state index is 12.4. The molecule has 1 aliphatic rings. The van der Waals surface area contributed by atoms with E-state index in [-0.39, 0.29) is 24.5 Å². The van der Waals surface area contributed by atoms with Gasteiger partial charge in [0.1, 0.15) is 13.2 Å². The van der Waals surface area contributed by atoms with E-state index in [1.165, 1.54) is 5.56 Å². The zero-order valence-corrected chi connectivity index (χ0v) is 15.6. The summed E-state index contributed by atoms with van der Waals surface area (Å²) in [6.07, 6.45) is 3.67. The van der Waals surface area contributed by atoms with Crippen molar-refractivity contribution in [2.24, 2.45) is 0 Å². The van der Waals surface area contributed by atoms with Crippen molar-refractivity contribution in [2.45, 2.75) is 39.0 Å². The largest absolute Gasteiger partial charge is 0.486 e. The third-order valence-electron chi connectivity index (χ3n) is 4.50. The van der Waals surface area contributed by atoms with Crippen molar-refractivity contribution in [3.05, 3.63) is 53.6 Å². The van der Waals surface area contributed by atoms with Crippen molar-refractivity contribution in [2.75, 3.05) is 18.5 Å². The molecule has 1 heterocycles. The zero-order chi connectivity index (χ0) is 19.1. The molecule has 0 saturated heterocycles. The third kappa shape index (κ3) is 5.33. The second-order valence-electron chi connectivity index (χ2n) is 6.63. The van der Waals surface area contributed by atoms with Crippen LogP contribution in [0.1, 0.15) is 48.5 Å². The summed E-state index contributed by atoms with van der Waals surface area (Å²) in [7, 11) is 0. The van der Waals surface area contributed by atoms with Crippen molar-refractivity contribution >= 4 is 17.4 Å². The van der Waals surface area contributed by atoms with Gasteiger partial charge in [0.05, 0.1) is 0 Å². The molecule has 2 aromatic carbocycles. The molecule has 0 radical (unpaired) electrons. The van der Waals surface area contributed by atoms with Gasteiger partial charge in [-0.3, -0.25) is 9.59 Å². The summed E-state index contributed by atoms with van der Waals surface area (Å²) in [6, 6.07) is 13.0. The van der Waals surface area contributed by atoms with Crippen LogP contribution in [-0.2, 0) is 11.2 Å². The Bertz CT molecular complexity index is 798. The lowest BCUT2D eigenvalue weighted by atomic mass is 10.1. The highest BCUT2D eigenvalue weighted by molar-refractivity contribution is 6.00. The first-order chi connectivity index (χ1) is 13.2. The Balaban J connectivity index is 1.49. The minimum atomic E-state index is -0.165. The molecule has 1 aliphatic heterocycles. The predicted octanol–water partition coefficient (Wildman–Crippen LogP) is 4.40. The molecule has 3 rings (SSSR count). The number of carbonyl (C=O) groups excluding carboxylic acids is 2. The van der Waals surface area contributed by atoms with Crippen molar-refractivity contribution in [3.63, 3.8) is 0 Å². The van der Waals surface area contributed by atoms with E-state index in [1.54, 1.807) is 18.2 Å². The molecule has 1 N–H and O–H groups in total. The number of aryl methyl sites for hydroxylation is 1. The Kier molecular flexibility index (Phi) is 6.47.